The lowest BCUT2D eigenvalue weighted by molar-refractivity contribution is 0.544. The Labute approximate surface area is 126 Å². The summed E-state index contributed by atoms with van der Waals surface area (Å²) in [6.45, 7) is 0. The second-order valence-corrected chi connectivity index (χ2v) is 6.06. The second-order valence-electron chi connectivity index (χ2n) is 4.30. The number of benzene rings is 2. The second kappa shape index (κ2) is 7.10. The van der Waals surface area contributed by atoms with Gasteiger partial charge in [0.15, 0.2) is 0 Å². The Morgan fingerprint density at radius 1 is 1.21 bits per heavy atom. The average molecular weight is 337 g/mol. The molecule has 19 heavy (non-hydrogen) atoms. The Bertz CT molecular complexity index is 545. The number of nitrogens with one attached hydrogen (secondary N) is 1. The quantitative estimate of drug-likeness (QED) is 0.493. The summed E-state index contributed by atoms with van der Waals surface area (Å²) in [5, 5.41) is 0. The van der Waals surface area contributed by atoms with E-state index in [1.165, 1.54) is 16.0 Å². The fourth-order valence-electron chi connectivity index (χ4n) is 2.11. The van der Waals surface area contributed by atoms with Crippen molar-refractivity contribution in [2.24, 2.45) is 5.84 Å². The van der Waals surface area contributed by atoms with Gasteiger partial charge < -0.3 is 0 Å². The molecule has 2 aromatic carbocycles. The van der Waals surface area contributed by atoms with Crippen molar-refractivity contribution >= 4 is 27.7 Å². The molecule has 100 valence electrons. The topological polar surface area (TPSA) is 38.0 Å². The van der Waals surface area contributed by atoms with E-state index in [9.17, 15) is 0 Å². The van der Waals surface area contributed by atoms with Gasteiger partial charge in [-0.3, -0.25) is 11.3 Å². The van der Waals surface area contributed by atoms with Crippen molar-refractivity contribution in [2.45, 2.75) is 17.4 Å². The first-order valence-corrected chi connectivity index (χ1v) is 8.10. The first kappa shape index (κ1) is 14.6. The molecule has 0 heterocycles. The largest absolute Gasteiger partial charge is 0.271 e. The first-order chi connectivity index (χ1) is 9.24. The van der Waals surface area contributed by atoms with Gasteiger partial charge in [0.2, 0.25) is 0 Å². The van der Waals surface area contributed by atoms with E-state index in [-0.39, 0.29) is 6.04 Å². The van der Waals surface area contributed by atoms with Crippen molar-refractivity contribution in [2.75, 3.05) is 6.26 Å². The van der Waals surface area contributed by atoms with E-state index in [2.05, 4.69) is 64.0 Å². The molecule has 3 N–H and O–H groups in total. The van der Waals surface area contributed by atoms with Gasteiger partial charge in [-0.05, 0) is 42.0 Å². The standard InChI is InChI=1S/C15H17BrN2S/c1-19-15-8-3-2-7-13(15)14(18-17)10-11-5-4-6-12(16)9-11/h2-9,14,18H,10,17H2,1H3. The van der Waals surface area contributed by atoms with Crippen LogP contribution in [0.2, 0.25) is 0 Å². The zero-order valence-electron chi connectivity index (χ0n) is 10.8. The van der Waals surface area contributed by atoms with Gasteiger partial charge >= 0.3 is 0 Å². The summed E-state index contributed by atoms with van der Waals surface area (Å²) < 4.78 is 1.10. The van der Waals surface area contributed by atoms with E-state index in [1.54, 1.807) is 11.8 Å². The number of halogens is 1. The third-order valence-corrected chi connectivity index (χ3v) is 4.35. The van der Waals surface area contributed by atoms with Crippen LogP contribution in [0.5, 0.6) is 0 Å². The maximum absolute atomic E-state index is 5.74. The van der Waals surface area contributed by atoms with Crippen molar-refractivity contribution < 1.29 is 0 Å². The van der Waals surface area contributed by atoms with E-state index in [1.807, 2.05) is 12.1 Å². The number of hydrogen-bond donors (Lipinski definition) is 2. The normalized spacial score (nSPS) is 12.4. The lowest BCUT2D eigenvalue weighted by Gasteiger charge is -2.19. The molecule has 0 aliphatic carbocycles. The van der Waals surface area contributed by atoms with Crippen LogP contribution in [0.1, 0.15) is 17.2 Å². The van der Waals surface area contributed by atoms with Crippen molar-refractivity contribution in [1.29, 1.82) is 0 Å². The molecule has 2 aromatic rings. The zero-order valence-corrected chi connectivity index (χ0v) is 13.2. The molecule has 0 bridgehead atoms. The molecule has 2 nitrogen and oxygen atoms in total. The molecular formula is C15H17BrN2S. The van der Waals surface area contributed by atoms with Gasteiger partial charge in [-0.2, -0.15) is 0 Å². The van der Waals surface area contributed by atoms with Crippen molar-refractivity contribution in [3.8, 4) is 0 Å². The highest BCUT2D eigenvalue weighted by Gasteiger charge is 2.14. The highest BCUT2D eigenvalue weighted by atomic mass is 79.9. The molecule has 0 aliphatic rings. The molecule has 1 unspecified atom stereocenters. The molecule has 0 saturated heterocycles. The van der Waals surface area contributed by atoms with Gasteiger partial charge in [0, 0.05) is 9.37 Å². The number of rotatable bonds is 5. The maximum Gasteiger partial charge on any atom is 0.0511 e. The third-order valence-electron chi connectivity index (χ3n) is 3.04. The molecule has 0 spiro atoms. The zero-order chi connectivity index (χ0) is 13.7. The number of hydrogen-bond acceptors (Lipinski definition) is 3. The van der Waals surface area contributed by atoms with Gasteiger partial charge in [0.05, 0.1) is 6.04 Å². The molecule has 0 saturated carbocycles. The fourth-order valence-corrected chi connectivity index (χ4v) is 3.22. The van der Waals surface area contributed by atoms with E-state index in [0.717, 1.165) is 10.9 Å². The van der Waals surface area contributed by atoms with Crippen molar-refractivity contribution in [3.05, 3.63) is 64.1 Å². The van der Waals surface area contributed by atoms with Gasteiger partial charge in [0.25, 0.3) is 0 Å². The van der Waals surface area contributed by atoms with Gasteiger partial charge in [-0.25, -0.2) is 0 Å². The summed E-state index contributed by atoms with van der Waals surface area (Å²) >= 11 is 5.25. The Morgan fingerprint density at radius 3 is 2.68 bits per heavy atom. The van der Waals surface area contributed by atoms with E-state index in [0.29, 0.717) is 0 Å². The molecule has 0 aromatic heterocycles. The molecule has 0 amide bonds. The molecule has 4 heteroatoms. The van der Waals surface area contributed by atoms with Gasteiger partial charge in [0.1, 0.15) is 0 Å². The minimum atomic E-state index is 0.123. The summed E-state index contributed by atoms with van der Waals surface area (Å²) in [6, 6.07) is 16.8. The first-order valence-electron chi connectivity index (χ1n) is 6.08. The van der Waals surface area contributed by atoms with Crippen LogP contribution in [0.3, 0.4) is 0 Å². The SMILES string of the molecule is CSc1ccccc1C(Cc1cccc(Br)c1)NN. The van der Waals surface area contributed by atoms with Gasteiger partial charge in [-0.1, -0.05) is 46.3 Å². The van der Waals surface area contributed by atoms with E-state index >= 15 is 0 Å². The summed E-state index contributed by atoms with van der Waals surface area (Å²) in [7, 11) is 0. The third kappa shape index (κ3) is 3.83. The van der Waals surface area contributed by atoms with Crippen LogP contribution in [0.15, 0.2) is 57.9 Å². The van der Waals surface area contributed by atoms with Crippen LogP contribution < -0.4 is 11.3 Å². The lowest BCUT2D eigenvalue weighted by Crippen LogP contribution is -2.30. The lowest BCUT2D eigenvalue weighted by atomic mass is 9.99. The van der Waals surface area contributed by atoms with E-state index in [4.69, 9.17) is 5.84 Å². The highest BCUT2D eigenvalue weighted by Crippen LogP contribution is 2.28. The predicted octanol–water partition coefficient (Wildman–Crippen LogP) is 3.92. The van der Waals surface area contributed by atoms with Crippen molar-refractivity contribution in [1.82, 2.24) is 5.43 Å². The van der Waals surface area contributed by atoms with E-state index < -0.39 is 0 Å². The molecule has 0 fully saturated rings. The highest BCUT2D eigenvalue weighted by molar-refractivity contribution is 9.10. The molecule has 0 aliphatic heterocycles. The van der Waals surface area contributed by atoms with Crippen LogP contribution in [-0.2, 0) is 6.42 Å². The predicted molar refractivity (Wildman–Crippen MR) is 86.1 cm³/mol. The summed E-state index contributed by atoms with van der Waals surface area (Å²) in [6.07, 6.45) is 2.96. The minimum absolute atomic E-state index is 0.123. The summed E-state index contributed by atoms with van der Waals surface area (Å²) in [5.74, 6) is 5.74. The fraction of sp³-hybridized carbons (Fsp3) is 0.200. The monoisotopic (exact) mass is 336 g/mol. The van der Waals surface area contributed by atoms with Crippen LogP contribution in [0, 0.1) is 0 Å². The van der Waals surface area contributed by atoms with Crippen LogP contribution >= 0.6 is 27.7 Å². The number of thioether (sulfide) groups is 1. The molecule has 2 rings (SSSR count). The van der Waals surface area contributed by atoms with Crippen molar-refractivity contribution in [3.63, 3.8) is 0 Å². The minimum Gasteiger partial charge on any atom is -0.271 e. The average Bonchev–Trinajstić information content (AvgIpc) is 2.45. The van der Waals surface area contributed by atoms with Crippen LogP contribution in [-0.4, -0.2) is 6.26 Å². The smallest absolute Gasteiger partial charge is 0.0511 e. The number of hydrazine groups is 1. The Hall–Kier alpha value is -0.810. The van der Waals surface area contributed by atoms with Crippen LogP contribution in [0.25, 0.3) is 0 Å². The van der Waals surface area contributed by atoms with Crippen LogP contribution in [0.4, 0.5) is 0 Å². The Morgan fingerprint density at radius 2 is 2.00 bits per heavy atom. The Kier molecular flexibility index (Phi) is 5.45. The molecular weight excluding hydrogens is 320 g/mol. The summed E-state index contributed by atoms with van der Waals surface area (Å²) in [5.41, 5.74) is 5.44. The van der Waals surface area contributed by atoms with Gasteiger partial charge in [-0.15, -0.1) is 11.8 Å². The summed E-state index contributed by atoms with van der Waals surface area (Å²) in [4.78, 5) is 1.26. The molecule has 0 radical (unpaired) electrons. The Balaban J connectivity index is 2.25. The maximum atomic E-state index is 5.74. The number of nitrogens with two attached hydrogens (primary N) is 1. The molecule has 1 atom stereocenters.